The number of carbonyl (C=O) groups is 1. The molecule has 1 aliphatic rings. The van der Waals surface area contributed by atoms with Gasteiger partial charge in [0.1, 0.15) is 11.5 Å². The number of nitrogens with two attached hydrogens (primary N) is 1. The number of furan rings is 1. The highest BCUT2D eigenvalue weighted by atomic mass is 16.3. The lowest BCUT2D eigenvalue weighted by molar-refractivity contribution is 0.0791. The SMILES string of the molecule is Cc1ccc(-c2nn(-c3ccccc3)cc2C(=O)N2CCC(N)C2)o1. The lowest BCUT2D eigenvalue weighted by atomic mass is 10.2. The second-order valence-electron chi connectivity index (χ2n) is 6.38. The van der Waals surface area contributed by atoms with Crippen LogP contribution in [0.25, 0.3) is 17.1 Å². The zero-order valence-electron chi connectivity index (χ0n) is 14.1. The van der Waals surface area contributed by atoms with Crippen LogP contribution in [-0.2, 0) is 0 Å². The van der Waals surface area contributed by atoms with Gasteiger partial charge >= 0.3 is 0 Å². The van der Waals surface area contributed by atoms with Crippen molar-refractivity contribution in [3.63, 3.8) is 0 Å². The Morgan fingerprint density at radius 2 is 2.04 bits per heavy atom. The molecule has 0 saturated carbocycles. The molecule has 6 heteroatoms. The van der Waals surface area contributed by atoms with Crippen LogP contribution in [0.5, 0.6) is 0 Å². The molecule has 1 fully saturated rings. The maximum Gasteiger partial charge on any atom is 0.257 e. The Morgan fingerprint density at radius 1 is 1.24 bits per heavy atom. The Kier molecular flexibility index (Phi) is 3.89. The van der Waals surface area contributed by atoms with Crippen LogP contribution in [-0.4, -0.2) is 39.7 Å². The standard InChI is InChI=1S/C19H20N4O2/c1-13-7-8-17(25-13)18-16(19(24)22-10-9-14(20)11-22)12-23(21-18)15-5-3-2-4-6-15/h2-8,12,14H,9-11,20H2,1H3. The van der Waals surface area contributed by atoms with Crippen molar-refractivity contribution in [2.24, 2.45) is 5.73 Å². The van der Waals surface area contributed by atoms with Gasteiger partial charge in [0, 0.05) is 25.3 Å². The van der Waals surface area contributed by atoms with Crippen molar-refractivity contribution in [3.8, 4) is 17.1 Å². The highest BCUT2D eigenvalue weighted by Crippen LogP contribution is 2.27. The van der Waals surface area contributed by atoms with Crippen LogP contribution in [0.15, 0.2) is 53.1 Å². The van der Waals surface area contributed by atoms with Crippen LogP contribution in [0.2, 0.25) is 0 Å². The summed E-state index contributed by atoms with van der Waals surface area (Å²) in [6, 6.07) is 13.5. The number of hydrogen-bond donors (Lipinski definition) is 1. The molecule has 0 aliphatic carbocycles. The number of hydrogen-bond acceptors (Lipinski definition) is 4. The van der Waals surface area contributed by atoms with Crippen LogP contribution in [0.3, 0.4) is 0 Å². The van der Waals surface area contributed by atoms with Crippen molar-refractivity contribution in [1.82, 2.24) is 14.7 Å². The largest absolute Gasteiger partial charge is 0.460 e. The Bertz CT molecular complexity index is 897. The van der Waals surface area contributed by atoms with Crippen LogP contribution < -0.4 is 5.73 Å². The zero-order valence-corrected chi connectivity index (χ0v) is 14.1. The average molecular weight is 336 g/mol. The third-order valence-electron chi connectivity index (χ3n) is 4.45. The molecule has 4 rings (SSSR count). The van der Waals surface area contributed by atoms with E-state index >= 15 is 0 Å². The summed E-state index contributed by atoms with van der Waals surface area (Å²) >= 11 is 0. The number of likely N-dealkylation sites (tertiary alicyclic amines) is 1. The molecule has 1 atom stereocenters. The van der Waals surface area contributed by atoms with E-state index in [0.29, 0.717) is 30.1 Å². The first-order chi connectivity index (χ1) is 12.1. The molecule has 6 nitrogen and oxygen atoms in total. The lowest BCUT2D eigenvalue weighted by Gasteiger charge is -2.15. The minimum absolute atomic E-state index is 0.0439. The van der Waals surface area contributed by atoms with Gasteiger partial charge in [-0.15, -0.1) is 0 Å². The number of aryl methyl sites for hydroxylation is 1. The molecular formula is C19H20N4O2. The van der Waals surface area contributed by atoms with Gasteiger partial charge in [0.15, 0.2) is 5.76 Å². The summed E-state index contributed by atoms with van der Waals surface area (Å²) in [5.74, 6) is 1.32. The first-order valence-corrected chi connectivity index (χ1v) is 8.38. The molecule has 2 N–H and O–H groups in total. The molecule has 25 heavy (non-hydrogen) atoms. The Labute approximate surface area is 145 Å². The van der Waals surface area contributed by atoms with Crippen molar-refractivity contribution >= 4 is 5.91 Å². The summed E-state index contributed by atoms with van der Waals surface area (Å²) < 4.78 is 7.44. The van der Waals surface area contributed by atoms with Crippen molar-refractivity contribution in [1.29, 1.82) is 0 Å². The van der Waals surface area contributed by atoms with E-state index in [4.69, 9.17) is 10.2 Å². The van der Waals surface area contributed by atoms with Crippen molar-refractivity contribution in [2.45, 2.75) is 19.4 Å². The summed E-state index contributed by atoms with van der Waals surface area (Å²) in [6.07, 6.45) is 2.60. The highest BCUT2D eigenvalue weighted by Gasteiger charge is 2.29. The van der Waals surface area contributed by atoms with Crippen molar-refractivity contribution in [3.05, 3.63) is 60.0 Å². The van der Waals surface area contributed by atoms with Gasteiger partial charge in [0.2, 0.25) is 0 Å². The van der Waals surface area contributed by atoms with Gasteiger partial charge in [-0.1, -0.05) is 18.2 Å². The van der Waals surface area contributed by atoms with Crippen LogP contribution in [0, 0.1) is 6.92 Å². The molecule has 0 bridgehead atoms. The maximum atomic E-state index is 13.0. The van der Waals surface area contributed by atoms with E-state index in [1.807, 2.05) is 49.4 Å². The third-order valence-corrected chi connectivity index (χ3v) is 4.45. The van der Waals surface area contributed by atoms with E-state index < -0.39 is 0 Å². The summed E-state index contributed by atoms with van der Waals surface area (Å²) in [6.45, 7) is 3.12. The van der Waals surface area contributed by atoms with Gasteiger partial charge in [-0.2, -0.15) is 5.10 Å². The van der Waals surface area contributed by atoms with Gasteiger partial charge in [-0.25, -0.2) is 4.68 Å². The van der Waals surface area contributed by atoms with Crippen molar-refractivity contribution in [2.75, 3.05) is 13.1 Å². The highest BCUT2D eigenvalue weighted by molar-refractivity contribution is 5.99. The Morgan fingerprint density at radius 3 is 2.68 bits per heavy atom. The molecule has 1 saturated heterocycles. The normalized spacial score (nSPS) is 17.2. The zero-order chi connectivity index (χ0) is 17.4. The number of benzene rings is 1. The van der Waals surface area contributed by atoms with Gasteiger partial charge in [0.25, 0.3) is 5.91 Å². The summed E-state index contributed by atoms with van der Waals surface area (Å²) in [5, 5.41) is 4.62. The second-order valence-corrected chi connectivity index (χ2v) is 6.38. The molecule has 3 aromatic rings. The Hall–Kier alpha value is -2.86. The number of nitrogens with zero attached hydrogens (tertiary/aromatic N) is 3. The van der Waals surface area contributed by atoms with E-state index in [-0.39, 0.29) is 11.9 Å². The molecule has 0 spiro atoms. The summed E-state index contributed by atoms with van der Waals surface area (Å²) in [5.41, 5.74) is 7.94. The molecule has 1 aromatic carbocycles. The van der Waals surface area contributed by atoms with E-state index in [1.165, 1.54) is 0 Å². The topological polar surface area (TPSA) is 77.3 Å². The van der Waals surface area contributed by atoms with Gasteiger partial charge in [0.05, 0.1) is 11.3 Å². The number of amides is 1. The van der Waals surface area contributed by atoms with Crippen LogP contribution >= 0.6 is 0 Å². The maximum absolute atomic E-state index is 13.0. The lowest BCUT2D eigenvalue weighted by Crippen LogP contribution is -2.32. The van der Waals surface area contributed by atoms with Gasteiger partial charge in [-0.05, 0) is 37.6 Å². The number of para-hydroxylation sites is 1. The van der Waals surface area contributed by atoms with Crippen molar-refractivity contribution < 1.29 is 9.21 Å². The number of aromatic nitrogens is 2. The van der Waals surface area contributed by atoms with Gasteiger partial charge < -0.3 is 15.1 Å². The molecule has 3 heterocycles. The molecule has 1 unspecified atom stereocenters. The predicted molar refractivity (Wildman–Crippen MR) is 94.5 cm³/mol. The monoisotopic (exact) mass is 336 g/mol. The molecule has 2 aromatic heterocycles. The fourth-order valence-electron chi connectivity index (χ4n) is 3.13. The molecule has 1 aliphatic heterocycles. The first-order valence-electron chi connectivity index (χ1n) is 8.38. The number of carbonyl (C=O) groups excluding carboxylic acids is 1. The fourth-order valence-corrected chi connectivity index (χ4v) is 3.13. The van der Waals surface area contributed by atoms with Crippen LogP contribution in [0.4, 0.5) is 0 Å². The van der Waals surface area contributed by atoms with Gasteiger partial charge in [-0.3, -0.25) is 4.79 Å². The third kappa shape index (κ3) is 2.96. The van der Waals surface area contributed by atoms with E-state index in [2.05, 4.69) is 5.10 Å². The molecule has 1 amide bonds. The minimum Gasteiger partial charge on any atom is -0.460 e. The smallest absolute Gasteiger partial charge is 0.257 e. The predicted octanol–water partition coefficient (Wildman–Crippen LogP) is 2.61. The molecule has 0 radical (unpaired) electrons. The van der Waals surface area contributed by atoms with E-state index in [0.717, 1.165) is 17.9 Å². The first kappa shape index (κ1) is 15.7. The second kappa shape index (κ2) is 6.22. The van der Waals surface area contributed by atoms with E-state index in [9.17, 15) is 4.79 Å². The quantitative estimate of drug-likeness (QED) is 0.797. The van der Waals surface area contributed by atoms with Crippen LogP contribution in [0.1, 0.15) is 22.5 Å². The number of rotatable bonds is 3. The molecular weight excluding hydrogens is 316 g/mol. The Balaban J connectivity index is 1.78. The average Bonchev–Trinajstić information content (AvgIpc) is 3.34. The minimum atomic E-state index is -0.0563. The molecule has 128 valence electrons. The van der Waals surface area contributed by atoms with E-state index in [1.54, 1.807) is 15.8 Å². The summed E-state index contributed by atoms with van der Waals surface area (Å²) in [7, 11) is 0. The fraction of sp³-hybridized carbons (Fsp3) is 0.263. The summed E-state index contributed by atoms with van der Waals surface area (Å²) in [4.78, 5) is 14.8.